The van der Waals surface area contributed by atoms with Crippen molar-refractivity contribution in [1.82, 2.24) is 8.87 Å². The van der Waals surface area contributed by atoms with Gasteiger partial charge in [-0.05, 0) is 38.3 Å². The SMILES string of the molecule is CCN(C(C)CCCC(C)C)S(=O)(=O)c1ccccc1/N=N/c1c(C)c(C#N)c(=O)n(CCOCCO)c1O. The number of benzene rings is 1. The minimum atomic E-state index is -3.93. The van der Waals surface area contributed by atoms with E-state index in [1.807, 2.05) is 13.0 Å². The van der Waals surface area contributed by atoms with Crippen LogP contribution in [0.3, 0.4) is 0 Å². The Morgan fingerprint density at radius 3 is 2.46 bits per heavy atom. The number of hydrogen-bond acceptors (Lipinski definition) is 9. The molecule has 1 aromatic carbocycles. The standard InChI is InChI=1S/C27H39N5O6S/c1-6-32(20(4)11-9-10-19(2)3)39(36,37)24-13-8-7-12-23(24)29-30-25-21(5)22(18-28)26(34)31(27(25)35)14-16-38-17-15-33/h7-8,12-13,19-20,33,35H,6,9-11,14-17H2,1-5H3/b30-29+. The quantitative estimate of drug-likeness (QED) is 0.241. The molecule has 214 valence electrons. The number of azo groups is 1. The van der Waals surface area contributed by atoms with Gasteiger partial charge < -0.3 is 14.9 Å². The van der Waals surface area contributed by atoms with Crippen LogP contribution < -0.4 is 5.56 Å². The average Bonchev–Trinajstić information content (AvgIpc) is 2.88. The van der Waals surface area contributed by atoms with Gasteiger partial charge in [0.25, 0.3) is 5.56 Å². The molecule has 0 saturated heterocycles. The summed E-state index contributed by atoms with van der Waals surface area (Å²) in [4.78, 5) is 12.7. The van der Waals surface area contributed by atoms with Crippen molar-refractivity contribution >= 4 is 21.4 Å². The second-order valence-electron chi connectivity index (χ2n) is 9.63. The first-order chi connectivity index (χ1) is 18.5. The van der Waals surface area contributed by atoms with Gasteiger partial charge in [0.05, 0.1) is 26.4 Å². The Bertz CT molecular complexity index is 1350. The Balaban J connectivity index is 2.49. The number of ether oxygens (including phenoxy) is 1. The third-order valence-electron chi connectivity index (χ3n) is 6.38. The third kappa shape index (κ3) is 7.95. The van der Waals surface area contributed by atoms with Crippen LogP contribution in [0.2, 0.25) is 0 Å². The topological polar surface area (TPSA) is 158 Å². The first-order valence-corrected chi connectivity index (χ1v) is 14.5. The van der Waals surface area contributed by atoms with E-state index in [0.29, 0.717) is 5.92 Å². The molecule has 0 amide bonds. The van der Waals surface area contributed by atoms with Gasteiger partial charge in [-0.1, -0.05) is 45.7 Å². The van der Waals surface area contributed by atoms with Gasteiger partial charge in [-0.2, -0.15) is 9.57 Å². The van der Waals surface area contributed by atoms with Gasteiger partial charge in [0.2, 0.25) is 15.9 Å². The highest BCUT2D eigenvalue weighted by Gasteiger charge is 2.30. The van der Waals surface area contributed by atoms with E-state index in [1.54, 1.807) is 19.1 Å². The molecule has 1 heterocycles. The zero-order valence-electron chi connectivity index (χ0n) is 23.3. The molecule has 0 bridgehead atoms. The molecule has 0 aliphatic heterocycles. The number of rotatable bonds is 15. The summed E-state index contributed by atoms with van der Waals surface area (Å²) in [6.07, 6.45) is 2.64. The van der Waals surface area contributed by atoms with Crippen LogP contribution in [0.5, 0.6) is 5.88 Å². The van der Waals surface area contributed by atoms with E-state index in [1.165, 1.54) is 23.4 Å². The lowest BCUT2D eigenvalue weighted by molar-refractivity contribution is 0.0854. The maximum absolute atomic E-state index is 13.7. The summed E-state index contributed by atoms with van der Waals surface area (Å²) in [5.41, 5.74) is -0.892. The number of nitriles is 1. The van der Waals surface area contributed by atoms with E-state index in [0.717, 1.165) is 23.8 Å². The lowest BCUT2D eigenvalue weighted by Crippen LogP contribution is -2.38. The van der Waals surface area contributed by atoms with E-state index in [2.05, 4.69) is 24.1 Å². The predicted octanol–water partition coefficient (Wildman–Crippen LogP) is 4.38. The number of hydrogen-bond donors (Lipinski definition) is 2. The second kappa shape index (κ2) is 14.9. The molecule has 0 aliphatic carbocycles. The van der Waals surface area contributed by atoms with Crippen LogP contribution in [0.15, 0.2) is 44.2 Å². The highest BCUT2D eigenvalue weighted by Crippen LogP contribution is 2.34. The fraction of sp³-hybridized carbons (Fsp3) is 0.556. The Morgan fingerprint density at radius 2 is 1.85 bits per heavy atom. The molecule has 2 N–H and O–H groups in total. The van der Waals surface area contributed by atoms with Crippen LogP contribution in [-0.4, -0.2) is 59.9 Å². The smallest absolute Gasteiger partial charge is 0.271 e. The van der Waals surface area contributed by atoms with Gasteiger partial charge in [-0.3, -0.25) is 9.36 Å². The first-order valence-electron chi connectivity index (χ1n) is 13.1. The first kappa shape index (κ1) is 32.1. The van der Waals surface area contributed by atoms with Crippen LogP contribution in [0, 0.1) is 24.2 Å². The molecular weight excluding hydrogens is 522 g/mol. The minimum Gasteiger partial charge on any atom is -0.493 e. The van der Waals surface area contributed by atoms with Crippen molar-refractivity contribution in [1.29, 1.82) is 5.26 Å². The van der Waals surface area contributed by atoms with E-state index in [-0.39, 0.29) is 66.3 Å². The molecule has 12 heteroatoms. The monoisotopic (exact) mass is 561 g/mol. The third-order valence-corrected chi connectivity index (χ3v) is 8.52. The lowest BCUT2D eigenvalue weighted by atomic mass is 10.0. The van der Waals surface area contributed by atoms with Crippen LogP contribution in [0.1, 0.15) is 58.1 Å². The van der Waals surface area contributed by atoms with Crippen molar-refractivity contribution in [2.75, 3.05) is 26.4 Å². The normalized spacial score (nSPS) is 12.9. The summed E-state index contributed by atoms with van der Waals surface area (Å²) in [6, 6.07) is 7.81. The summed E-state index contributed by atoms with van der Waals surface area (Å²) in [6.45, 7) is 9.46. The second-order valence-corrected chi connectivity index (χ2v) is 11.5. The Morgan fingerprint density at radius 1 is 1.15 bits per heavy atom. The summed E-state index contributed by atoms with van der Waals surface area (Å²) in [7, 11) is -3.93. The van der Waals surface area contributed by atoms with Crippen molar-refractivity contribution in [3.63, 3.8) is 0 Å². The molecule has 11 nitrogen and oxygen atoms in total. The molecule has 1 aromatic heterocycles. The lowest BCUT2D eigenvalue weighted by Gasteiger charge is -2.27. The van der Waals surface area contributed by atoms with Crippen molar-refractivity contribution in [3.8, 4) is 11.9 Å². The van der Waals surface area contributed by atoms with E-state index < -0.39 is 21.5 Å². The fourth-order valence-electron chi connectivity index (χ4n) is 4.26. The number of aliphatic hydroxyl groups excluding tert-OH is 1. The molecule has 39 heavy (non-hydrogen) atoms. The number of pyridine rings is 1. The van der Waals surface area contributed by atoms with Gasteiger partial charge in [-0.25, -0.2) is 8.42 Å². The predicted molar refractivity (Wildman–Crippen MR) is 148 cm³/mol. The van der Waals surface area contributed by atoms with Crippen molar-refractivity contribution in [2.45, 2.75) is 71.4 Å². The molecular formula is C27H39N5O6S. The Hall–Kier alpha value is -3.11. The largest absolute Gasteiger partial charge is 0.493 e. The summed E-state index contributed by atoms with van der Waals surface area (Å²) < 4.78 is 35.0. The van der Waals surface area contributed by atoms with Gasteiger partial charge in [0.15, 0.2) is 5.69 Å². The van der Waals surface area contributed by atoms with Gasteiger partial charge in [-0.15, -0.1) is 10.2 Å². The van der Waals surface area contributed by atoms with Crippen molar-refractivity contribution in [2.24, 2.45) is 16.1 Å². The number of aliphatic hydroxyl groups is 1. The van der Waals surface area contributed by atoms with Crippen LogP contribution in [-0.2, 0) is 21.3 Å². The molecule has 1 unspecified atom stereocenters. The average molecular weight is 562 g/mol. The number of sulfonamides is 1. The van der Waals surface area contributed by atoms with Crippen molar-refractivity contribution in [3.05, 3.63) is 45.7 Å². The number of aromatic nitrogens is 1. The molecule has 0 fully saturated rings. The number of nitrogens with zero attached hydrogens (tertiary/aromatic N) is 5. The summed E-state index contributed by atoms with van der Waals surface area (Å²) in [5.74, 6) is 0.0102. The molecule has 0 saturated carbocycles. The highest BCUT2D eigenvalue weighted by molar-refractivity contribution is 7.89. The molecule has 1 atom stereocenters. The fourth-order valence-corrected chi connectivity index (χ4v) is 6.05. The van der Waals surface area contributed by atoms with Crippen LogP contribution in [0.25, 0.3) is 0 Å². The van der Waals surface area contributed by atoms with Gasteiger partial charge >= 0.3 is 0 Å². The number of aromatic hydroxyl groups is 1. The van der Waals surface area contributed by atoms with Crippen LogP contribution in [0.4, 0.5) is 11.4 Å². The van der Waals surface area contributed by atoms with Crippen LogP contribution >= 0.6 is 0 Å². The van der Waals surface area contributed by atoms with Crippen molar-refractivity contribution < 1.29 is 23.4 Å². The molecule has 0 aliphatic rings. The van der Waals surface area contributed by atoms with E-state index in [4.69, 9.17) is 9.84 Å². The zero-order chi connectivity index (χ0) is 29.2. The summed E-state index contributed by atoms with van der Waals surface area (Å²) >= 11 is 0. The maximum Gasteiger partial charge on any atom is 0.271 e. The van der Waals surface area contributed by atoms with Gasteiger partial charge in [0, 0.05) is 18.2 Å². The molecule has 2 aromatic rings. The highest BCUT2D eigenvalue weighted by atomic mass is 32.2. The minimum absolute atomic E-state index is 0.00181. The summed E-state index contributed by atoms with van der Waals surface area (Å²) in [5, 5.41) is 37.5. The van der Waals surface area contributed by atoms with E-state index in [9.17, 15) is 23.6 Å². The molecule has 0 radical (unpaired) electrons. The van der Waals surface area contributed by atoms with Gasteiger partial charge in [0.1, 0.15) is 22.2 Å². The maximum atomic E-state index is 13.7. The van der Waals surface area contributed by atoms with E-state index >= 15 is 0 Å². The Kier molecular flexibility index (Phi) is 12.3. The Labute approximate surface area is 230 Å². The molecule has 2 rings (SSSR count). The zero-order valence-corrected chi connectivity index (χ0v) is 24.1. The molecule has 0 spiro atoms.